The number of unbranched alkanes of at least 4 members (excludes halogenated alkanes) is 2. The second kappa shape index (κ2) is 8.17. The Morgan fingerprint density at radius 2 is 1.95 bits per heavy atom. The number of amides is 1. The molecule has 0 fully saturated rings. The highest BCUT2D eigenvalue weighted by molar-refractivity contribution is 6.03. The standard InChI is InChI=1S/C18H22N2O2/c1-3-4-5-12-22-16-8-6-15(7-9-16)18(21)20-17-13-14(2)10-11-19-17/h6-11,13H,3-5,12H2,1-2H3,(H,19,20,21). The first kappa shape index (κ1) is 16.0. The van der Waals surface area contributed by atoms with Crippen molar-refractivity contribution in [2.75, 3.05) is 11.9 Å². The zero-order valence-corrected chi connectivity index (χ0v) is 13.1. The molecule has 2 aromatic rings. The maximum Gasteiger partial charge on any atom is 0.256 e. The predicted molar refractivity (Wildman–Crippen MR) is 88.4 cm³/mol. The van der Waals surface area contributed by atoms with Crippen molar-refractivity contribution in [3.8, 4) is 5.75 Å². The molecule has 0 aliphatic heterocycles. The molecule has 0 radical (unpaired) electrons. The second-order valence-electron chi connectivity index (χ2n) is 5.25. The van der Waals surface area contributed by atoms with E-state index in [-0.39, 0.29) is 5.91 Å². The van der Waals surface area contributed by atoms with Crippen molar-refractivity contribution in [3.63, 3.8) is 0 Å². The summed E-state index contributed by atoms with van der Waals surface area (Å²) in [5.41, 5.74) is 1.64. The van der Waals surface area contributed by atoms with Crippen LogP contribution in [-0.4, -0.2) is 17.5 Å². The Morgan fingerprint density at radius 3 is 2.64 bits per heavy atom. The second-order valence-corrected chi connectivity index (χ2v) is 5.25. The molecule has 2 rings (SSSR count). The van der Waals surface area contributed by atoms with Gasteiger partial charge in [0.25, 0.3) is 5.91 Å². The van der Waals surface area contributed by atoms with Gasteiger partial charge in [0.2, 0.25) is 0 Å². The van der Waals surface area contributed by atoms with Crippen LogP contribution in [0.1, 0.15) is 42.1 Å². The van der Waals surface area contributed by atoms with Crippen LogP contribution in [0, 0.1) is 6.92 Å². The van der Waals surface area contributed by atoms with E-state index in [1.54, 1.807) is 18.3 Å². The van der Waals surface area contributed by atoms with E-state index in [4.69, 9.17) is 4.74 Å². The molecule has 0 aliphatic carbocycles. The first-order valence-electron chi connectivity index (χ1n) is 7.66. The van der Waals surface area contributed by atoms with Crippen molar-refractivity contribution in [1.82, 2.24) is 4.98 Å². The average Bonchev–Trinajstić information content (AvgIpc) is 2.52. The molecule has 0 atom stereocenters. The number of hydrogen-bond acceptors (Lipinski definition) is 3. The molecule has 1 amide bonds. The highest BCUT2D eigenvalue weighted by atomic mass is 16.5. The number of carbonyl (C=O) groups is 1. The lowest BCUT2D eigenvalue weighted by Crippen LogP contribution is -2.12. The molecule has 4 nitrogen and oxygen atoms in total. The molecule has 1 aromatic carbocycles. The maximum atomic E-state index is 12.1. The monoisotopic (exact) mass is 298 g/mol. The first-order valence-corrected chi connectivity index (χ1v) is 7.66. The van der Waals surface area contributed by atoms with Gasteiger partial charge in [-0.15, -0.1) is 0 Å². The van der Waals surface area contributed by atoms with Crippen LogP contribution < -0.4 is 10.1 Å². The van der Waals surface area contributed by atoms with Crippen molar-refractivity contribution in [3.05, 3.63) is 53.7 Å². The van der Waals surface area contributed by atoms with Gasteiger partial charge in [0.15, 0.2) is 0 Å². The number of aromatic nitrogens is 1. The number of ether oxygens (including phenoxy) is 1. The third-order valence-electron chi connectivity index (χ3n) is 3.29. The molecule has 22 heavy (non-hydrogen) atoms. The zero-order chi connectivity index (χ0) is 15.8. The minimum atomic E-state index is -0.171. The molecule has 1 N–H and O–H groups in total. The number of rotatable bonds is 7. The Balaban J connectivity index is 1.90. The zero-order valence-electron chi connectivity index (χ0n) is 13.1. The molecule has 0 unspecified atom stereocenters. The van der Waals surface area contributed by atoms with E-state index in [0.717, 1.165) is 17.7 Å². The van der Waals surface area contributed by atoms with Gasteiger partial charge in [-0.1, -0.05) is 19.8 Å². The summed E-state index contributed by atoms with van der Waals surface area (Å²) in [5, 5.41) is 2.79. The molecule has 1 aromatic heterocycles. The number of nitrogens with zero attached hydrogens (tertiary/aromatic N) is 1. The van der Waals surface area contributed by atoms with Crippen molar-refractivity contribution >= 4 is 11.7 Å². The molecular formula is C18H22N2O2. The highest BCUT2D eigenvalue weighted by Crippen LogP contribution is 2.14. The van der Waals surface area contributed by atoms with Gasteiger partial charge in [0, 0.05) is 11.8 Å². The molecule has 1 heterocycles. The molecular weight excluding hydrogens is 276 g/mol. The summed E-state index contributed by atoms with van der Waals surface area (Å²) in [6.07, 6.45) is 5.08. The molecule has 0 spiro atoms. The molecule has 0 saturated carbocycles. The van der Waals surface area contributed by atoms with Gasteiger partial charge in [0.1, 0.15) is 11.6 Å². The molecule has 0 bridgehead atoms. The van der Waals surface area contributed by atoms with Crippen LogP contribution in [0.4, 0.5) is 5.82 Å². The van der Waals surface area contributed by atoms with Crippen LogP contribution in [-0.2, 0) is 0 Å². The summed E-state index contributed by atoms with van der Waals surface area (Å²) in [5.74, 6) is 1.18. The minimum Gasteiger partial charge on any atom is -0.494 e. The Morgan fingerprint density at radius 1 is 1.18 bits per heavy atom. The fourth-order valence-electron chi connectivity index (χ4n) is 2.04. The van der Waals surface area contributed by atoms with E-state index in [9.17, 15) is 4.79 Å². The quantitative estimate of drug-likeness (QED) is 0.779. The third-order valence-corrected chi connectivity index (χ3v) is 3.29. The van der Waals surface area contributed by atoms with Crippen LogP contribution in [0.15, 0.2) is 42.6 Å². The van der Waals surface area contributed by atoms with Crippen LogP contribution in [0.3, 0.4) is 0 Å². The largest absolute Gasteiger partial charge is 0.494 e. The van der Waals surface area contributed by atoms with Crippen molar-refractivity contribution < 1.29 is 9.53 Å². The first-order chi connectivity index (χ1) is 10.7. The number of aryl methyl sites for hydroxylation is 1. The van der Waals surface area contributed by atoms with Gasteiger partial charge < -0.3 is 10.1 Å². The third kappa shape index (κ3) is 4.88. The maximum absolute atomic E-state index is 12.1. The van der Waals surface area contributed by atoms with Gasteiger partial charge in [0.05, 0.1) is 6.61 Å². The minimum absolute atomic E-state index is 0.171. The fourth-order valence-corrected chi connectivity index (χ4v) is 2.04. The number of hydrogen-bond donors (Lipinski definition) is 1. The molecule has 116 valence electrons. The van der Waals surface area contributed by atoms with Crippen LogP contribution >= 0.6 is 0 Å². The van der Waals surface area contributed by atoms with Crippen molar-refractivity contribution in [2.24, 2.45) is 0 Å². The van der Waals surface area contributed by atoms with Crippen LogP contribution in [0.5, 0.6) is 5.75 Å². The van der Waals surface area contributed by atoms with E-state index in [1.165, 1.54) is 12.8 Å². The van der Waals surface area contributed by atoms with Crippen LogP contribution in [0.2, 0.25) is 0 Å². The lowest BCUT2D eigenvalue weighted by Gasteiger charge is -2.08. The summed E-state index contributed by atoms with van der Waals surface area (Å²) < 4.78 is 5.63. The molecule has 0 saturated heterocycles. The SMILES string of the molecule is CCCCCOc1ccc(C(=O)Nc2cc(C)ccn2)cc1. The number of benzene rings is 1. The lowest BCUT2D eigenvalue weighted by molar-refractivity contribution is 0.102. The predicted octanol–water partition coefficient (Wildman–Crippen LogP) is 4.21. The van der Waals surface area contributed by atoms with Gasteiger partial charge in [-0.05, 0) is 55.3 Å². The van der Waals surface area contributed by atoms with Crippen LogP contribution in [0.25, 0.3) is 0 Å². The van der Waals surface area contributed by atoms with E-state index < -0.39 is 0 Å². The molecule has 4 heteroatoms. The molecule has 0 aliphatic rings. The summed E-state index contributed by atoms with van der Waals surface area (Å²) in [7, 11) is 0. The van der Waals surface area contributed by atoms with Gasteiger partial charge in [-0.25, -0.2) is 4.98 Å². The average molecular weight is 298 g/mol. The summed E-state index contributed by atoms with van der Waals surface area (Å²) >= 11 is 0. The lowest BCUT2D eigenvalue weighted by atomic mass is 10.2. The Kier molecular flexibility index (Phi) is 5.95. The Bertz CT molecular complexity index is 609. The van der Waals surface area contributed by atoms with Crippen molar-refractivity contribution in [2.45, 2.75) is 33.1 Å². The summed E-state index contributed by atoms with van der Waals surface area (Å²) in [6.45, 7) is 4.84. The van der Waals surface area contributed by atoms with Gasteiger partial charge in [-0.2, -0.15) is 0 Å². The van der Waals surface area contributed by atoms with E-state index in [2.05, 4.69) is 17.2 Å². The van der Waals surface area contributed by atoms with E-state index in [1.807, 2.05) is 31.2 Å². The Labute approximate surface area is 131 Å². The van der Waals surface area contributed by atoms with Crippen molar-refractivity contribution in [1.29, 1.82) is 0 Å². The van der Waals surface area contributed by atoms with E-state index >= 15 is 0 Å². The van der Waals surface area contributed by atoms with Gasteiger partial charge in [-0.3, -0.25) is 4.79 Å². The number of anilines is 1. The van der Waals surface area contributed by atoms with Gasteiger partial charge >= 0.3 is 0 Å². The highest BCUT2D eigenvalue weighted by Gasteiger charge is 2.07. The summed E-state index contributed by atoms with van der Waals surface area (Å²) in [6, 6.07) is 10.9. The summed E-state index contributed by atoms with van der Waals surface area (Å²) in [4.78, 5) is 16.3. The normalized spacial score (nSPS) is 10.3. The number of carbonyl (C=O) groups excluding carboxylic acids is 1. The smallest absolute Gasteiger partial charge is 0.256 e. The van der Waals surface area contributed by atoms with E-state index in [0.29, 0.717) is 18.0 Å². The number of pyridine rings is 1. The Hall–Kier alpha value is -2.36. The fraction of sp³-hybridized carbons (Fsp3) is 0.333. The topological polar surface area (TPSA) is 51.2 Å². The number of nitrogens with one attached hydrogen (secondary N) is 1.